The van der Waals surface area contributed by atoms with Crippen molar-refractivity contribution in [1.29, 1.82) is 0 Å². The van der Waals surface area contributed by atoms with E-state index < -0.39 is 0 Å². The van der Waals surface area contributed by atoms with E-state index in [1.165, 1.54) is 0 Å². The first-order valence-corrected chi connectivity index (χ1v) is 2.41. The van der Waals surface area contributed by atoms with Crippen LogP contribution in [0.1, 0.15) is 0 Å². The quantitative estimate of drug-likeness (QED) is 0.736. The molecule has 0 atom stereocenters. The van der Waals surface area contributed by atoms with Crippen LogP contribution in [0.4, 0.5) is 5.69 Å². The molecule has 0 aliphatic carbocycles. The van der Waals surface area contributed by atoms with Gasteiger partial charge in [0.05, 0.1) is 0 Å². The molecule has 1 heterocycles. The van der Waals surface area contributed by atoms with Crippen molar-refractivity contribution in [3.63, 3.8) is 0 Å². The van der Waals surface area contributed by atoms with Crippen LogP contribution in [0.2, 0.25) is 0 Å². The molecule has 0 amide bonds. The zero-order valence-corrected chi connectivity index (χ0v) is 8.09. The third-order valence-corrected chi connectivity index (χ3v) is 0.963. The first-order chi connectivity index (χ1) is 3.80. The molecule has 0 saturated carbocycles. The Morgan fingerprint density at radius 2 is 2.22 bits per heavy atom. The summed E-state index contributed by atoms with van der Waals surface area (Å²) < 4.78 is 0. The van der Waals surface area contributed by atoms with Crippen LogP contribution in [0.15, 0.2) is 12.4 Å². The fourth-order valence-corrected chi connectivity index (χ4v) is 0.449. The Bertz CT molecular complexity index is 147. The van der Waals surface area contributed by atoms with Crippen LogP contribution < -0.4 is 10.00 Å². The molecule has 1 radical (unpaired) electrons. The minimum absolute atomic E-state index is 0. The van der Waals surface area contributed by atoms with E-state index in [2.05, 4.69) is 10.2 Å². The van der Waals surface area contributed by atoms with Gasteiger partial charge in [-0.15, -0.1) is 6.20 Å². The Balaban J connectivity index is 0.000000640. The predicted molar refractivity (Wildman–Crippen MR) is 31.9 cm³/mol. The van der Waals surface area contributed by atoms with E-state index in [9.17, 15) is 0 Å². The first-order valence-electron chi connectivity index (χ1n) is 2.41. The monoisotopic (exact) mass is 297 g/mol. The second kappa shape index (κ2) is 3.65. The van der Waals surface area contributed by atoms with Gasteiger partial charge in [-0.25, -0.2) is 0 Å². The zero-order valence-electron chi connectivity index (χ0n) is 5.37. The molecule has 0 N–H and O–H groups in total. The van der Waals surface area contributed by atoms with Crippen LogP contribution in [0.25, 0.3) is 0 Å². The smallest absolute Gasteiger partial charge is 0.0316 e. The van der Waals surface area contributed by atoms with E-state index in [4.69, 9.17) is 0 Å². The van der Waals surface area contributed by atoms with Gasteiger partial charge in [0.1, 0.15) is 0 Å². The van der Waals surface area contributed by atoms with Gasteiger partial charge < -0.3 is 15.1 Å². The van der Waals surface area contributed by atoms with Crippen molar-refractivity contribution in [2.45, 2.75) is 0 Å². The molecule has 0 spiro atoms. The molecule has 0 aliphatic heterocycles. The summed E-state index contributed by atoms with van der Waals surface area (Å²) in [5.74, 6) is 0. The maximum Gasteiger partial charge on any atom is 0.0316 e. The summed E-state index contributed by atoms with van der Waals surface area (Å²) in [5.41, 5.74) is 1.05. The van der Waals surface area contributed by atoms with Crippen LogP contribution in [0.5, 0.6) is 0 Å². The molecule has 0 fully saturated rings. The zero-order chi connectivity index (χ0) is 5.98. The van der Waals surface area contributed by atoms with Gasteiger partial charge in [0.2, 0.25) is 0 Å². The molecule has 4 heteroatoms. The van der Waals surface area contributed by atoms with Gasteiger partial charge in [0.25, 0.3) is 0 Å². The Labute approximate surface area is 68.1 Å². The number of anilines is 1. The van der Waals surface area contributed by atoms with Gasteiger partial charge in [0.15, 0.2) is 0 Å². The minimum atomic E-state index is 0. The SMILES string of the molecule is CN(C)c1cn[n-]c1.[Re]. The topological polar surface area (TPSA) is 30.2 Å². The van der Waals surface area contributed by atoms with E-state index in [1.54, 1.807) is 12.4 Å². The molecule has 51 valence electrons. The van der Waals surface area contributed by atoms with Crippen molar-refractivity contribution in [3.8, 4) is 0 Å². The second-order valence-corrected chi connectivity index (χ2v) is 1.81. The van der Waals surface area contributed by atoms with Crippen LogP contribution in [-0.4, -0.2) is 19.2 Å². The number of hydrogen-bond acceptors (Lipinski definition) is 2. The fourth-order valence-electron chi connectivity index (χ4n) is 0.449. The van der Waals surface area contributed by atoms with Gasteiger partial charge in [0, 0.05) is 46.4 Å². The first kappa shape index (κ1) is 8.67. The van der Waals surface area contributed by atoms with E-state index in [-0.39, 0.29) is 20.4 Å². The molecule has 1 aromatic heterocycles. The van der Waals surface area contributed by atoms with Gasteiger partial charge in [-0.05, 0) is 0 Å². The fraction of sp³-hybridized carbons (Fsp3) is 0.400. The Kier molecular flexibility index (Phi) is 3.52. The maximum atomic E-state index is 3.65. The third-order valence-electron chi connectivity index (χ3n) is 0.963. The predicted octanol–water partition coefficient (Wildman–Crippen LogP) is 0.102. The number of aromatic nitrogens is 2. The van der Waals surface area contributed by atoms with Crippen LogP contribution in [-0.2, 0) is 20.4 Å². The minimum Gasteiger partial charge on any atom is -0.580 e. The van der Waals surface area contributed by atoms with Crippen LogP contribution in [0.3, 0.4) is 0 Å². The molecule has 0 aromatic carbocycles. The van der Waals surface area contributed by atoms with Crippen molar-refractivity contribution in [1.82, 2.24) is 10.2 Å². The van der Waals surface area contributed by atoms with E-state index in [1.807, 2.05) is 19.0 Å². The number of hydrogen-bond donors (Lipinski definition) is 0. The summed E-state index contributed by atoms with van der Waals surface area (Å²) in [7, 11) is 3.91. The van der Waals surface area contributed by atoms with Crippen LogP contribution in [0, 0.1) is 0 Å². The summed E-state index contributed by atoms with van der Waals surface area (Å²) in [5, 5.41) is 7.30. The molecule has 0 saturated heterocycles. The summed E-state index contributed by atoms with van der Waals surface area (Å²) in [6, 6.07) is 0. The van der Waals surface area contributed by atoms with Crippen molar-refractivity contribution >= 4 is 5.69 Å². The van der Waals surface area contributed by atoms with Gasteiger partial charge in [-0.1, -0.05) is 0 Å². The molecule has 1 aromatic rings. The summed E-state index contributed by atoms with van der Waals surface area (Å²) >= 11 is 0. The van der Waals surface area contributed by atoms with E-state index in [0.29, 0.717) is 0 Å². The molecule has 3 nitrogen and oxygen atoms in total. The largest absolute Gasteiger partial charge is 0.580 e. The summed E-state index contributed by atoms with van der Waals surface area (Å²) in [6.45, 7) is 0. The maximum absolute atomic E-state index is 3.65. The van der Waals surface area contributed by atoms with Gasteiger partial charge in [-0.3, -0.25) is 0 Å². The average Bonchev–Trinajstić information content (AvgIpc) is 2.12. The molecule has 9 heavy (non-hydrogen) atoms. The second-order valence-electron chi connectivity index (χ2n) is 1.81. The van der Waals surface area contributed by atoms with E-state index in [0.717, 1.165) is 5.69 Å². The van der Waals surface area contributed by atoms with Gasteiger partial charge >= 0.3 is 0 Å². The molecule has 0 aliphatic rings. The van der Waals surface area contributed by atoms with Crippen molar-refractivity contribution in [2.75, 3.05) is 19.0 Å². The molecular formula is C5H8N3Re-. The third kappa shape index (κ3) is 2.17. The normalized spacial score (nSPS) is 8.22. The van der Waals surface area contributed by atoms with Gasteiger partial charge in [-0.2, -0.15) is 0 Å². The number of rotatable bonds is 1. The van der Waals surface area contributed by atoms with Crippen LogP contribution >= 0.6 is 0 Å². The summed E-state index contributed by atoms with van der Waals surface area (Å²) in [4.78, 5) is 1.96. The molecular weight excluding hydrogens is 288 g/mol. The Morgan fingerprint density at radius 1 is 1.56 bits per heavy atom. The Morgan fingerprint density at radius 3 is 2.44 bits per heavy atom. The van der Waals surface area contributed by atoms with Crippen molar-refractivity contribution in [2.24, 2.45) is 0 Å². The standard InChI is InChI=1S/C5H8N3.Re/c1-8(2)5-3-6-7-4-5;/h3-4H,1-2H3;/q-1;. The molecule has 0 unspecified atom stereocenters. The Hall–Kier alpha value is -0.328. The molecule has 0 bridgehead atoms. The molecule has 1 rings (SSSR count). The number of nitrogens with zero attached hydrogens (tertiary/aromatic N) is 3. The van der Waals surface area contributed by atoms with Crippen molar-refractivity contribution < 1.29 is 20.4 Å². The summed E-state index contributed by atoms with van der Waals surface area (Å²) in [6.07, 6.45) is 3.44. The van der Waals surface area contributed by atoms with Crippen molar-refractivity contribution in [3.05, 3.63) is 12.4 Å². The average molecular weight is 296 g/mol. The van der Waals surface area contributed by atoms with E-state index >= 15 is 0 Å².